The van der Waals surface area contributed by atoms with Gasteiger partial charge in [-0.05, 0) is 49.3 Å². The van der Waals surface area contributed by atoms with Gasteiger partial charge in [-0.15, -0.1) is 0 Å². The van der Waals surface area contributed by atoms with E-state index in [1.807, 2.05) is 0 Å². The van der Waals surface area contributed by atoms with Crippen molar-refractivity contribution in [3.8, 4) is 0 Å². The smallest absolute Gasteiger partial charge is 0.239 e. The first-order valence-electron chi connectivity index (χ1n) is 7.37. The van der Waals surface area contributed by atoms with E-state index in [-0.39, 0.29) is 5.91 Å². The fraction of sp³-hybridized carbons (Fsp3) is 0.562. The molecule has 2 rings (SSSR count). The quantitative estimate of drug-likeness (QED) is 0.754. The molecule has 0 aromatic heterocycles. The van der Waals surface area contributed by atoms with Crippen LogP contribution in [-0.4, -0.2) is 19.0 Å². The maximum absolute atomic E-state index is 11.6. The third-order valence-corrected chi connectivity index (χ3v) is 3.51. The molecule has 1 aromatic carbocycles. The predicted octanol–water partition coefficient (Wildman–Crippen LogP) is 2.97. The van der Waals surface area contributed by atoms with Crippen LogP contribution in [0.3, 0.4) is 0 Å². The summed E-state index contributed by atoms with van der Waals surface area (Å²) >= 11 is 0. The van der Waals surface area contributed by atoms with Gasteiger partial charge in [-0.1, -0.05) is 25.5 Å². The van der Waals surface area contributed by atoms with Gasteiger partial charge in [0.1, 0.15) is 0 Å². The zero-order valence-corrected chi connectivity index (χ0v) is 11.7. The summed E-state index contributed by atoms with van der Waals surface area (Å²) in [5, 5.41) is 6.11. The summed E-state index contributed by atoms with van der Waals surface area (Å²) in [5.74, 6) is 0.823. The molecule has 3 nitrogen and oxygen atoms in total. The highest BCUT2D eigenvalue weighted by Crippen LogP contribution is 2.27. The number of unbranched alkanes of at least 4 members (excludes halogenated alkanes) is 1. The van der Waals surface area contributed by atoms with Crippen LogP contribution in [0.4, 0.5) is 5.69 Å². The monoisotopic (exact) mass is 260 g/mol. The summed E-state index contributed by atoms with van der Waals surface area (Å²) in [6, 6.07) is 8.39. The van der Waals surface area contributed by atoms with Crippen molar-refractivity contribution in [1.82, 2.24) is 5.32 Å². The second kappa shape index (κ2) is 7.17. The lowest BCUT2D eigenvalue weighted by Crippen LogP contribution is -2.31. The zero-order valence-electron chi connectivity index (χ0n) is 11.7. The van der Waals surface area contributed by atoms with Gasteiger partial charge < -0.3 is 10.6 Å². The third-order valence-electron chi connectivity index (χ3n) is 3.51. The van der Waals surface area contributed by atoms with Crippen molar-refractivity contribution in [1.29, 1.82) is 0 Å². The number of hydrogen-bond acceptors (Lipinski definition) is 2. The van der Waals surface area contributed by atoms with Crippen LogP contribution in [0.25, 0.3) is 0 Å². The third kappa shape index (κ3) is 5.33. The molecule has 1 amide bonds. The highest BCUT2D eigenvalue weighted by atomic mass is 16.1. The van der Waals surface area contributed by atoms with Crippen LogP contribution in [0.2, 0.25) is 0 Å². The summed E-state index contributed by atoms with van der Waals surface area (Å²) in [6.07, 6.45) is 6.13. The van der Waals surface area contributed by atoms with Gasteiger partial charge in [-0.25, -0.2) is 0 Å². The van der Waals surface area contributed by atoms with Gasteiger partial charge in [0.05, 0.1) is 6.54 Å². The van der Waals surface area contributed by atoms with Crippen LogP contribution in [0, 0.1) is 5.92 Å². The van der Waals surface area contributed by atoms with E-state index in [1.54, 1.807) is 0 Å². The Labute approximate surface area is 115 Å². The number of nitrogens with one attached hydrogen (secondary N) is 2. The van der Waals surface area contributed by atoms with Gasteiger partial charge >= 0.3 is 0 Å². The minimum atomic E-state index is 0.0851. The fourth-order valence-electron chi connectivity index (χ4n) is 2.00. The Kier molecular flexibility index (Phi) is 5.25. The molecular weight excluding hydrogens is 236 g/mol. The summed E-state index contributed by atoms with van der Waals surface area (Å²) < 4.78 is 0. The van der Waals surface area contributed by atoms with Crippen molar-refractivity contribution in [3.63, 3.8) is 0 Å². The molecule has 104 valence electrons. The molecule has 1 aliphatic carbocycles. The molecule has 19 heavy (non-hydrogen) atoms. The summed E-state index contributed by atoms with van der Waals surface area (Å²) in [6.45, 7) is 3.41. The molecule has 0 unspecified atom stereocenters. The van der Waals surface area contributed by atoms with Gasteiger partial charge in [-0.2, -0.15) is 0 Å². The van der Waals surface area contributed by atoms with Crippen LogP contribution in [-0.2, 0) is 11.2 Å². The van der Waals surface area contributed by atoms with E-state index in [9.17, 15) is 4.79 Å². The van der Waals surface area contributed by atoms with E-state index >= 15 is 0 Å². The molecule has 0 bridgehead atoms. The lowest BCUT2D eigenvalue weighted by atomic mass is 10.1. The zero-order chi connectivity index (χ0) is 13.5. The van der Waals surface area contributed by atoms with Crippen LogP contribution in [0.15, 0.2) is 24.3 Å². The van der Waals surface area contributed by atoms with Crippen molar-refractivity contribution in [2.24, 2.45) is 5.92 Å². The molecule has 1 saturated carbocycles. The van der Waals surface area contributed by atoms with Gasteiger partial charge in [0, 0.05) is 12.2 Å². The van der Waals surface area contributed by atoms with Crippen molar-refractivity contribution in [2.45, 2.75) is 39.0 Å². The SMILES string of the molecule is CCCCc1ccc(NCC(=O)NCC2CC2)cc1. The number of aryl methyl sites for hydroxylation is 1. The van der Waals surface area contributed by atoms with Crippen molar-refractivity contribution in [2.75, 3.05) is 18.4 Å². The molecule has 1 aromatic rings. The Morgan fingerprint density at radius 3 is 2.63 bits per heavy atom. The molecule has 1 fully saturated rings. The molecule has 0 atom stereocenters. The Morgan fingerprint density at radius 2 is 2.00 bits per heavy atom. The minimum absolute atomic E-state index is 0.0851. The number of carbonyl (C=O) groups is 1. The lowest BCUT2D eigenvalue weighted by Gasteiger charge is -2.08. The normalized spacial score (nSPS) is 14.2. The summed E-state index contributed by atoms with van der Waals surface area (Å²) in [5.41, 5.74) is 2.38. The minimum Gasteiger partial charge on any atom is -0.376 e. The fourth-order valence-corrected chi connectivity index (χ4v) is 2.00. The average molecular weight is 260 g/mol. The van der Waals surface area contributed by atoms with E-state index in [0.29, 0.717) is 6.54 Å². The molecule has 0 heterocycles. The van der Waals surface area contributed by atoms with Gasteiger partial charge in [-0.3, -0.25) is 4.79 Å². The second-order valence-electron chi connectivity index (χ2n) is 5.40. The molecular formula is C16H24N2O. The Morgan fingerprint density at radius 1 is 1.26 bits per heavy atom. The summed E-state index contributed by atoms with van der Waals surface area (Å²) in [4.78, 5) is 11.6. The first-order valence-corrected chi connectivity index (χ1v) is 7.37. The van der Waals surface area contributed by atoms with Crippen molar-refractivity contribution in [3.05, 3.63) is 29.8 Å². The molecule has 3 heteroatoms. The Bertz CT molecular complexity index is 396. The van der Waals surface area contributed by atoms with Gasteiger partial charge in [0.2, 0.25) is 5.91 Å². The van der Waals surface area contributed by atoms with Crippen molar-refractivity contribution < 1.29 is 4.79 Å². The van der Waals surface area contributed by atoms with Crippen LogP contribution in [0.5, 0.6) is 0 Å². The molecule has 0 spiro atoms. The van der Waals surface area contributed by atoms with E-state index in [1.165, 1.54) is 31.2 Å². The Hall–Kier alpha value is -1.51. The topological polar surface area (TPSA) is 41.1 Å². The largest absolute Gasteiger partial charge is 0.376 e. The van der Waals surface area contributed by atoms with Gasteiger partial charge in [0.15, 0.2) is 0 Å². The van der Waals surface area contributed by atoms with E-state index in [0.717, 1.165) is 24.6 Å². The number of carbonyl (C=O) groups excluding carboxylic acids is 1. The summed E-state index contributed by atoms with van der Waals surface area (Å²) in [7, 11) is 0. The molecule has 0 aliphatic heterocycles. The predicted molar refractivity (Wildman–Crippen MR) is 79.3 cm³/mol. The first-order chi connectivity index (χ1) is 9.28. The average Bonchev–Trinajstić information content (AvgIpc) is 3.26. The van der Waals surface area contributed by atoms with E-state index in [4.69, 9.17) is 0 Å². The highest BCUT2D eigenvalue weighted by molar-refractivity contribution is 5.80. The van der Waals surface area contributed by atoms with E-state index in [2.05, 4.69) is 41.8 Å². The van der Waals surface area contributed by atoms with Crippen LogP contribution in [0.1, 0.15) is 38.2 Å². The highest BCUT2D eigenvalue weighted by Gasteiger charge is 2.21. The number of benzene rings is 1. The Balaban J connectivity index is 1.67. The maximum atomic E-state index is 11.6. The molecule has 1 aliphatic rings. The standard InChI is InChI=1S/C16H24N2O/c1-2-3-4-13-7-9-15(10-8-13)17-12-16(19)18-11-14-5-6-14/h7-10,14,17H,2-6,11-12H2,1H3,(H,18,19). The lowest BCUT2D eigenvalue weighted by molar-refractivity contribution is -0.119. The maximum Gasteiger partial charge on any atom is 0.239 e. The number of amides is 1. The number of hydrogen-bond donors (Lipinski definition) is 2. The van der Waals surface area contributed by atoms with Crippen LogP contribution >= 0.6 is 0 Å². The van der Waals surface area contributed by atoms with Crippen molar-refractivity contribution >= 4 is 11.6 Å². The van der Waals surface area contributed by atoms with E-state index < -0.39 is 0 Å². The second-order valence-corrected chi connectivity index (χ2v) is 5.40. The molecule has 2 N–H and O–H groups in total. The number of anilines is 1. The first kappa shape index (κ1) is 13.9. The molecule has 0 radical (unpaired) electrons. The number of rotatable bonds is 8. The van der Waals surface area contributed by atoms with Gasteiger partial charge in [0.25, 0.3) is 0 Å². The van der Waals surface area contributed by atoms with Crippen LogP contribution < -0.4 is 10.6 Å². The molecule has 0 saturated heterocycles.